The first-order chi connectivity index (χ1) is 8.10. The largest absolute Gasteiger partial charge is 0.377 e. The second-order valence-corrected chi connectivity index (χ2v) is 4.24. The number of hydrogen-bond donors (Lipinski definition) is 5. The van der Waals surface area contributed by atoms with Crippen LogP contribution in [0.25, 0.3) is 0 Å². The molecule has 0 radical (unpaired) electrons. The molecule has 0 saturated carbocycles. The Labute approximate surface area is 102 Å². The molecule has 7 nitrogen and oxygen atoms in total. The van der Waals surface area contributed by atoms with Crippen molar-refractivity contribution >= 4 is 0 Å². The van der Waals surface area contributed by atoms with Crippen LogP contribution in [0.2, 0.25) is 0 Å². The maximum Gasteiger partial charge on any atom is 0.213 e. The molecule has 102 valence electrons. The van der Waals surface area contributed by atoms with Crippen LogP contribution in [0.15, 0.2) is 0 Å². The summed E-state index contributed by atoms with van der Waals surface area (Å²) in [5, 5.41) is 24.9. The van der Waals surface area contributed by atoms with E-state index in [0.29, 0.717) is 0 Å². The van der Waals surface area contributed by atoms with E-state index < -0.39 is 12.6 Å². The fraction of sp³-hybridized carbons (Fsp3) is 1.00. The van der Waals surface area contributed by atoms with Crippen molar-refractivity contribution in [2.45, 2.75) is 37.7 Å². The number of aliphatic hydroxyl groups is 2. The van der Waals surface area contributed by atoms with E-state index in [1.807, 2.05) is 4.90 Å². The van der Waals surface area contributed by atoms with E-state index in [2.05, 4.69) is 15.4 Å². The smallest absolute Gasteiger partial charge is 0.213 e. The van der Waals surface area contributed by atoms with E-state index in [0.717, 1.165) is 19.4 Å². The summed E-state index contributed by atoms with van der Waals surface area (Å²) in [6.45, 7) is 1.05. The number of rotatable bonds is 7. The average Bonchev–Trinajstić information content (AvgIpc) is 2.83. The molecule has 6 N–H and O–H groups in total. The lowest BCUT2D eigenvalue weighted by Crippen LogP contribution is -2.56. The van der Waals surface area contributed by atoms with Crippen molar-refractivity contribution in [1.82, 2.24) is 15.5 Å². The van der Waals surface area contributed by atoms with Gasteiger partial charge in [0, 0.05) is 26.2 Å². The number of ether oxygens (including phenoxy) is 1. The van der Waals surface area contributed by atoms with Crippen LogP contribution in [0.1, 0.15) is 12.8 Å². The van der Waals surface area contributed by atoms with Crippen molar-refractivity contribution in [2.75, 3.05) is 27.2 Å². The number of nitrogens with zero attached hydrogens (tertiary/aromatic N) is 1. The van der Waals surface area contributed by atoms with Crippen molar-refractivity contribution in [1.29, 1.82) is 0 Å². The first-order valence-electron chi connectivity index (χ1n) is 5.91. The summed E-state index contributed by atoms with van der Waals surface area (Å²) in [4.78, 5) is 1.94. The number of likely N-dealkylation sites (tertiary alicyclic amines) is 1. The topological polar surface area (TPSA) is 103 Å². The van der Waals surface area contributed by atoms with Gasteiger partial charge in [0.1, 0.15) is 6.23 Å². The van der Waals surface area contributed by atoms with Crippen LogP contribution in [-0.2, 0) is 4.74 Å². The molecule has 0 aromatic heterocycles. The Bertz CT molecular complexity index is 220. The average molecular weight is 248 g/mol. The third-order valence-corrected chi connectivity index (χ3v) is 3.17. The molecule has 0 amide bonds. The zero-order valence-electron chi connectivity index (χ0n) is 10.5. The van der Waals surface area contributed by atoms with Crippen molar-refractivity contribution in [3.05, 3.63) is 0 Å². The summed E-state index contributed by atoms with van der Waals surface area (Å²) in [6, 6.07) is 0.122. The molecule has 1 saturated heterocycles. The van der Waals surface area contributed by atoms with Crippen LogP contribution in [-0.4, -0.2) is 67.2 Å². The molecule has 1 fully saturated rings. The van der Waals surface area contributed by atoms with Gasteiger partial charge < -0.3 is 26.0 Å². The van der Waals surface area contributed by atoms with Crippen LogP contribution in [0.4, 0.5) is 0 Å². The van der Waals surface area contributed by atoms with Gasteiger partial charge in [0.05, 0.1) is 6.17 Å². The molecular formula is C10H24N4O3. The molecule has 1 aliphatic rings. The number of methoxy groups -OCH3 is 1. The van der Waals surface area contributed by atoms with Gasteiger partial charge >= 0.3 is 0 Å². The van der Waals surface area contributed by atoms with Gasteiger partial charge in [-0.05, 0) is 19.9 Å². The lowest BCUT2D eigenvalue weighted by atomic mass is 10.1. The highest BCUT2D eigenvalue weighted by molar-refractivity contribution is 4.87. The van der Waals surface area contributed by atoms with Gasteiger partial charge in [-0.3, -0.25) is 10.2 Å². The predicted octanol–water partition coefficient (Wildman–Crippen LogP) is -2.21. The van der Waals surface area contributed by atoms with Gasteiger partial charge in [-0.1, -0.05) is 0 Å². The minimum absolute atomic E-state index is 0.122. The molecule has 0 spiro atoms. The second-order valence-electron chi connectivity index (χ2n) is 4.24. The van der Waals surface area contributed by atoms with E-state index in [1.54, 1.807) is 7.05 Å². The Morgan fingerprint density at radius 1 is 1.53 bits per heavy atom. The molecule has 0 aromatic rings. The minimum Gasteiger partial charge on any atom is -0.377 e. The molecule has 1 rings (SSSR count). The first-order valence-corrected chi connectivity index (χ1v) is 5.91. The lowest BCUT2D eigenvalue weighted by molar-refractivity contribution is -0.110. The summed E-state index contributed by atoms with van der Waals surface area (Å²) in [6.07, 6.45) is 0.102. The summed E-state index contributed by atoms with van der Waals surface area (Å²) in [5.74, 6) is 0. The number of nitrogens with one attached hydrogen (secondary N) is 2. The van der Waals surface area contributed by atoms with Crippen LogP contribution in [0.3, 0.4) is 0 Å². The quantitative estimate of drug-likeness (QED) is 0.325. The number of aliphatic hydroxyl groups excluding tert-OH is 2. The molecule has 4 unspecified atom stereocenters. The summed E-state index contributed by atoms with van der Waals surface area (Å²) < 4.78 is 4.64. The molecular weight excluding hydrogens is 224 g/mol. The summed E-state index contributed by atoms with van der Waals surface area (Å²) in [7, 11) is 3.19. The molecule has 4 atom stereocenters. The van der Waals surface area contributed by atoms with E-state index in [4.69, 9.17) is 5.73 Å². The van der Waals surface area contributed by atoms with Gasteiger partial charge in [-0.25, -0.2) is 0 Å². The normalized spacial score (nSPS) is 27.0. The number of likely N-dealkylation sites (N-methyl/N-ethyl adjacent to an activating group) is 1. The molecule has 7 heteroatoms. The maximum atomic E-state index is 10.0. The Kier molecular flexibility index (Phi) is 6.28. The van der Waals surface area contributed by atoms with E-state index in [-0.39, 0.29) is 18.8 Å². The van der Waals surface area contributed by atoms with Gasteiger partial charge in [0.15, 0.2) is 0 Å². The van der Waals surface area contributed by atoms with Gasteiger partial charge in [-0.15, -0.1) is 0 Å². The SMILES string of the molecule is CNC(N)C1CCCN1C(O)CNC(O)OC. The molecule has 17 heavy (non-hydrogen) atoms. The highest BCUT2D eigenvalue weighted by atomic mass is 16.6. The van der Waals surface area contributed by atoms with Gasteiger partial charge in [0.25, 0.3) is 0 Å². The fourth-order valence-corrected chi connectivity index (χ4v) is 2.17. The lowest BCUT2D eigenvalue weighted by Gasteiger charge is -2.33. The van der Waals surface area contributed by atoms with E-state index in [1.165, 1.54) is 7.11 Å². The zero-order chi connectivity index (χ0) is 12.8. The second kappa shape index (κ2) is 7.22. The number of hydrogen-bond acceptors (Lipinski definition) is 7. The summed E-state index contributed by atoms with van der Waals surface area (Å²) in [5.41, 5.74) is 5.93. The van der Waals surface area contributed by atoms with Crippen molar-refractivity contribution in [2.24, 2.45) is 5.73 Å². The van der Waals surface area contributed by atoms with Crippen LogP contribution in [0, 0.1) is 0 Å². The highest BCUT2D eigenvalue weighted by Crippen LogP contribution is 2.20. The van der Waals surface area contributed by atoms with Crippen molar-refractivity contribution in [3.8, 4) is 0 Å². The Balaban J connectivity index is 2.41. The highest BCUT2D eigenvalue weighted by Gasteiger charge is 2.33. The monoisotopic (exact) mass is 248 g/mol. The predicted molar refractivity (Wildman–Crippen MR) is 63.8 cm³/mol. The third kappa shape index (κ3) is 4.14. The zero-order valence-corrected chi connectivity index (χ0v) is 10.5. The van der Waals surface area contributed by atoms with Crippen LogP contribution >= 0.6 is 0 Å². The Hall–Kier alpha value is -0.280. The molecule has 0 aromatic carbocycles. The number of nitrogens with two attached hydrogens (primary N) is 1. The van der Waals surface area contributed by atoms with E-state index >= 15 is 0 Å². The van der Waals surface area contributed by atoms with Crippen LogP contribution in [0.5, 0.6) is 0 Å². The standard InChI is InChI=1S/C10H24N4O3/c1-12-9(11)7-4-3-5-14(7)8(15)6-13-10(16)17-2/h7-10,12-13,15-16H,3-6,11H2,1-2H3. The molecule has 0 aliphatic carbocycles. The minimum atomic E-state index is -1.05. The molecule has 1 aliphatic heterocycles. The maximum absolute atomic E-state index is 10.0. The van der Waals surface area contributed by atoms with E-state index in [9.17, 15) is 10.2 Å². The van der Waals surface area contributed by atoms with Gasteiger partial charge in [0.2, 0.25) is 6.41 Å². The van der Waals surface area contributed by atoms with Crippen molar-refractivity contribution in [3.63, 3.8) is 0 Å². The first kappa shape index (κ1) is 14.8. The Morgan fingerprint density at radius 3 is 2.82 bits per heavy atom. The Morgan fingerprint density at radius 2 is 2.24 bits per heavy atom. The fourth-order valence-electron chi connectivity index (χ4n) is 2.17. The van der Waals surface area contributed by atoms with Crippen molar-refractivity contribution < 1.29 is 14.9 Å². The summed E-state index contributed by atoms with van der Waals surface area (Å²) >= 11 is 0. The molecule has 0 bridgehead atoms. The molecule has 1 heterocycles. The van der Waals surface area contributed by atoms with Crippen LogP contribution < -0.4 is 16.4 Å². The van der Waals surface area contributed by atoms with Gasteiger partial charge in [-0.2, -0.15) is 0 Å². The third-order valence-electron chi connectivity index (χ3n) is 3.17.